The number of carbonyl (C=O) groups is 1. The molecule has 1 rings (SSSR count). The molecular weight excluding hydrogens is 198 g/mol. The maximum absolute atomic E-state index is 11.0. The Bertz CT molecular complexity index is 447. The number of aromatic amines is 2. The summed E-state index contributed by atoms with van der Waals surface area (Å²) in [6, 6.07) is 0. The third-order valence-corrected chi connectivity index (χ3v) is 1.48. The Morgan fingerprint density at radius 2 is 2.00 bits per heavy atom. The Kier molecular flexibility index (Phi) is 2.52. The fraction of sp³-hybridized carbons (Fsp3) is 0.167. The molecule has 0 aliphatic heterocycles. The molecule has 0 saturated carbocycles. The maximum atomic E-state index is 11.0. The number of halogens is 1. The van der Waals surface area contributed by atoms with Crippen molar-refractivity contribution in [3.05, 3.63) is 26.0 Å². The second-order valence-electron chi connectivity index (χ2n) is 2.28. The Morgan fingerprint density at radius 3 is 2.46 bits per heavy atom. The van der Waals surface area contributed by atoms with E-state index in [0.29, 0.717) is 0 Å². The highest BCUT2D eigenvalue weighted by atomic mass is 35.5. The lowest BCUT2D eigenvalue weighted by Crippen LogP contribution is -2.26. The minimum Gasteiger partial charge on any atom is -0.319 e. The van der Waals surface area contributed by atoms with E-state index in [4.69, 9.17) is 11.6 Å². The van der Waals surface area contributed by atoms with E-state index in [0.717, 1.165) is 0 Å². The third-order valence-electron chi connectivity index (χ3n) is 1.20. The summed E-state index contributed by atoms with van der Waals surface area (Å²) < 4.78 is 0. The predicted molar refractivity (Wildman–Crippen MR) is 47.0 cm³/mol. The van der Waals surface area contributed by atoms with Crippen LogP contribution in [0.5, 0.6) is 0 Å². The number of amides is 1. The van der Waals surface area contributed by atoms with Crippen LogP contribution in [0.1, 0.15) is 6.92 Å². The van der Waals surface area contributed by atoms with Crippen molar-refractivity contribution in [3.63, 3.8) is 0 Å². The number of hydrogen-bond acceptors (Lipinski definition) is 3. The number of nitrogens with one attached hydrogen (secondary N) is 3. The van der Waals surface area contributed by atoms with E-state index in [9.17, 15) is 14.4 Å². The van der Waals surface area contributed by atoms with Gasteiger partial charge in [0, 0.05) is 6.92 Å². The second kappa shape index (κ2) is 3.44. The van der Waals surface area contributed by atoms with Crippen molar-refractivity contribution < 1.29 is 4.79 Å². The molecule has 3 N–H and O–H groups in total. The van der Waals surface area contributed by atoms with Crippen LogP contribution in [-0.4, -0.2) is 15.9 Å². The summed E-state index contributed by atoms with van der Waals surface area (Å²) in [5, 5.41) is 1.99. The minimum atomic E-state index is -0.732. The largest absolute Gasteiger partial charge is 0.326 e. The SMILES string of the molecule is CC(=O)Nc1c(Cl)[nH]c(=O)[nH]c1=O. The van der Waals surface area contributed by atoms with Crippen LogP contribution in [0.3, 0.4) is 0 Å². The highest BCUT2D eigenvalue weighted by Gasteiger charge is 2.07. The van der Waals surface area contributed by atoms with Gasteiger partial charge in [0.15, 0.2) is 0 Å². The smallest absolute Gasteiger partial charge is 0.319 e. The minimum absolute atomic E-state index is 0.159. The van der Waals surface area contributed by atoms with Gasteiger partial charge in [0.05, 0.1) is 0 Å². The molecule has 0 aliphatic rings. The summed E-state index contributed by atoms with van der Waals surface area (Å²) in [7, 11) is 0. The van der Waals surface area contributed by atoms with Gasteiger partial charge < -0.3 is 5.32 Å². The van der Waals surface area contributed by atoms with E-state index in [-0.39, 0.29) is 10.8 Å². The van der Waals surface area contributed by atoms with Crippen molar-refractivity contribution in [1.29, 1.82) is 0 Å². The number of rotatable bonds is 1. The normalized spacial score (nSPS) is 9.69. The van der Waals surface area contributed by atoms with Gasteiger partial charge in [-0.15, -0.1) is 0 Å². The van der Waals surface area contributed by atoms with Gasteiger partial charge in [-0.1, -0.05) is 11.6 Å². The van der Waals surface area contributed by atoms with Gasteiger partial charge in [-0.05, 0) is 0 Å². The lowest BCUT2D eigenvalue weighted by atomic mass is 10.5. The molecule has 1 amide bonds. The highest BCUT2D eigenvalue weighted by Crippen LogP contribution is 2.09. The topological polar surface area (TPSA) is 94.8 Å². The molecule has 70 valence electrons. The third kappa shape index (κ3) is 2.19. The van der Waals surface area contributed by atoms with Crippen molar-refractivity contribution in [2.75, 3.05) is 5.32 Å². The number of aromatic nitrogens is 2. The molecule has 1 aromatic heterocycles. The number of anilines is 1. The Morgan fingerprint density at radius 1 is 1.38 bits per heavy atom. The van der Waals surface area contributed by atoms with Gasteiger partial charge in [-0.3, -0.25) is 19.6 Å². The quantitative estimate of drug-likeness (QED) is 0.546. The van der Waals surface area contributed by atoms with Crippen molar-refractivity contribution in [2.45, 2.75) is 6.92 Å². The first-order valence-electron chi connectivity index (χ1n) is 3.30. The molecule has 0 aliphatic carbocycles. The molecule has 13 heavy (non-hydrogen) atoms. The molecule has 0 fully saturated rings. The van der Waals surface area contributed by atoms with E-state index in [1.807, 2.05) is 4.98 Å². The number of H-pyrrole nitrogens is 2. The van der Waals surface area contributed by atoms with E-state index in [2.05, 4.69) is 10.3 Å². The standard InChI is InChI=1S/C6H6ClN3O3/c1-2(11)8-3-4(7)9-6(13)10-5(3)12/h1H3,(H,8,11)(H2,9,10,12,13). The Hall–Kier alpha value is -1.56. The first kappa shape index (κ1) is 9.53. The summed E-state index contributed by atoms with van der Waals surface area (Å²) in [6.07, 6.45) is 0. The van der Waals surface area contributed by atoms with Crippen molar-refractivity contribution in [2.24, 2.45) is 0 Å². The average molecular weight is 204 g/mol. The molecule has 7 heteroatoms. The van der Waals surface area contributed by atoms with Gasteiger partial charge in [0.25, 0.3) is 5.56 Å². The maximum Gasteiger partial charge on any atom is 0.326 e. The van der Waals surface area contributed by atoms with Crippen LogP contribution in [-0.2, 0) is 4.79 Å². The van der Waals surface area contributed by atoms with E-state index >= 15 is 0 Å². The average Bonchev–Trinajstić information content (AvgIpc) is 1.96. The summed E-state index contributed by atoms with van der Waals surface area (Å²) in [6.45, 7) is 1.22. The first-order valence-corrected chi connectivity index (χ1v) is 3.68. The van der Waals surface area contributed by atoms with Crippen LogP contribution < -0.4 is 16.6 Å². The predicted octanol–water partition coefficient (Wildman–Crippen LogP) is -0.325. The highest BCUT2D eigenvalue weighted by molar-refractivity contribution is 6.32. The Balaban J connectivity index is 3.29. The van der Waals surface area contributed by atoms with Crippen LogP contribution in [0.15, 0.2) is 9.59 Å². The zero-order chi connectivity index (χ0) is 10.0. The molecule has 6 nitrogen and oxygen atoms in total. The summed E-state index contributed by atoms with van der Waals surface area (Å²) in [4.78, 5) is 36.3. The Labute approximate surface area is 76.9 Å². The van der Waals surface area contributed by atoms with Gasteiger partial charge >= 0.3 is 5.69 Å². The fourth-order valence-electron chi connectivity index (χ4n) is 0.746. The van der Waals surface area contributed by atoms with E-state index in [1.165, 1.54) is 6.92 Å². The molecule has 0 atom stereocenters. The zero-order valence-electron chi connectivity index (χ0n) is 6.60. The lowest BCUT2D eigenvalue weighted by Gasteiger charge is -2.00. The number of hydrogen-bond donors (Lipinski definition) is 3. The molecule has 0 unspecified atom stereocenters. The fourth-order valence-corrected chi connectivity index (χ4v) is 0.965. The first-order chi connectivity index (χ1) is 6.00. The summed E-state index contributed by atoms with van der Waals surface area (Å²) in [5.41, 5.74) is -1.61. The van der Waals surface area contributed by atoms with Crippen LogP contribution >= 0.6 is 11.6 Å². The molecule has 0 spiro atoms. The molecule has 0 radical (unpaired) electrons. The van der Waals surface area contributed by atoms with Crippen LogP contribution in [0.2, 0.25) is 5.15 Å². The second-order valence-corrected chi connectivity index (χ2v) is 2.66. The van der Waals surface area contributed by atoms with E-state index in [1.54, 1.807) is 0 Å². The van der Waals surface area contributed by atoms with Crippen molar-refractivity contribution in [1.82, 2.24) is 9.97 Å². The molecular formula is C6H6ClN3O3. The van der Waals surface area contributed by atoms with Crippen molar-refractivity contribution in [3.8, 4) is 0 Å². The van der Waals surface area contributed by atoms with Crippen LogP contribution in [0.4, 0.5) is 5.69 Å². The molecule has 0 aromatic carbocycles. The van der Waals surface area contributed by atoms with E-state index < -0.39 is 17.2 Å². The van der Waals surface area contributed by atoms with Crippen LogP contribution in [0, 0.1) is 0 Å². The monoisotopic (exact) mass is 203 g/mol. The molecule has 0 saturated heterocycles. The van der Waals surface area contributed by atoms with Crippen molar-refractivity contribution >= 4 is 23.2 Å². The van der Waals surface area contributed by atoms with Gasteiger partial charge in [-0.2, -0.15) is 0 Å². The van der Waals surface area contributed by atoms with Gasteiger partial charge in [0.1, 0.15) is 10.8 Å². The molecule has 0 bridgehead atoms. The zero-order valence-corrected chi connectivity index (χ0v) is 7.36. The molecule has 1 heterocycles. The van der Waals surface area contributed by atoms with Gasteiger partial charge in [0.2, 0.25) is 5.91 Å². The van der Waals surface area contributed by atoms with Crippen LogP contribution in [0.25, 0.3) is 0 Å². The molecule has 1 aromatic rings. The summed E-state index contributed by atoms with van der Waals surface area (Å²) >= 11 is 5.49. The number of carbonyl (C=O) groups excluding carboxylic acids is 1. The summed E-state index contributed by atoms with van der Waals surface area (Å²) in [5.74, 6) is -0.445. The lowest BCUT2D eigenvalue weighted by molar-refractivity contribution is -0.114. The van der Waals surface area contributed by atoms with Gasteiger partial charge in [-0.25, -0.2) is 4.79 Å².